The third-order valence-corrected chi connectivity index (χ3v) is 6.78. The summed E-state index contributed by atoms with van der Waals surface area (Å²) in [7, 11) is 0. The van der Waals surface area contributed by atoms with Gasteiger partial charge in [0.1, 0.15) is 11.4 Å². The van der Waals surface area contributed by atoms with Gasteiger partial charge in [-0.25, -0.2) is 4.79 Å². The summed E-state index contributed by atoms with van der Waals surface area (Å²) in [5.41, 5.74) is 6.70. The van der Waals surface area contributed by atoms with Crippen LogP contribution in [-0.4, -0.2) is 24.2 Å². The Kier molecular flexibility index (Phi) is 6.87. The average Bonchev–Trinajstić information content (AvgIpc) is 3.43. The minimum absolute atomic E-state index is 0.320. The van der Waals surface area contributed by atoms with Gasteiger partial charge in [0.05, 0.1) is 18.7 Å². The van der Waals surface area contributed by atoms with Crippen LogP contribution in [0.15, 0.2) is 47.2 Å². The van der Waals surface area contributed by atoms with Gasteiger partial charge in [0.25, 0.3) is 0 Å². The van der Waals surface area contributed by atoms with Crippen LogP contribution in [0.3, 0.4) is 0 Å². The lowest BCUT2D eigenvalue weighted by Crippen LogP contribution is -2.09. The topological polar surface area (TPSA) is 51.3 Å². The maximum atomic E-state index is 12.7. The Labute approximate surface area is 197 Å². The molecule has 4 nitrogen and oxygen atoms in total. The fourth-order valence-corrected chi connectivity index (χ4v) is 4.76. The number of nitrogens with one attached hydrogen (secondary N) is 1. The number of para-hydroxylation sites is 1. The summed E-state index contributed by atoms with van der Waals surface area (Å²) in [6, 6.07) is 12.2. The molecule has 2 heterocycles. The molecular formula is C26H26ClNO3S. The molecule has 2 aromatic carbocycles. The predicted octanol–water partition coefficient (Wildman–Crippen LogP) is 7.35. The number of fused-ring (bicyclic) bond motifs is 1. The number of aromatic amines is 1. The molecule has 0 aliphatic carbocycles. The summed E-state index contributed by atoms with van der Waals surface area (Å²) in [6.45, 7) is 6.65. The Bertz CT molecular complexity index is 1220. The Hall–Kier alpha value is -2.76. The molecule has 0 fully saturated rings. The maximum Gasteiger partial charge on any atom is 0.355 e. The van der Waals surface area contributed by atoms with Gasteiger partial charge in [-0.15, -0.1) is 0 Å². The molecule has 4 aromatic rings. The molecule has 166 valence electrons. The fourth-order valence-electron chi connectivity index (χ4n) is 4.00. The number of H-pyrrole nitrogens is 1. The van der Waals surface area contributed by atoms with Gasteiger partial charge in [0, 0.05) is 16.0 Å². The van der Waals surface area contributed by atoms with Gasteiger partial charge in [0.2, 0.25) is 0 Å². The Morgan fingerprint density at radius 1 is 1.16 bits per heavy atom. The van der Waals surface area contributed by atoms with E-state index < -0.39 is 0 Å². The van der Waals surface area contributed by atoms with E-state index in [2.05, 4.69) is 33.9 Å². The zero-order chi connectivity index (χ0) is 22.7. The van der Waals surface area contributed by atoms with E-state index in [1.165, 1.54) is 0 Å². The summed E-state index contributed by atoms with van der Waals surface area (Å²) in [4.78, 5) is 16.1. The van der Waals surface area contributed by atoms with Crippen molar-refractivity contribution < 1.29 is 14.3 Å². The van der Waals surface area contributed by atoms with Crippen LogP contribution in [0.4, 0.5) is 0 Å². The molecule has 0 radical (unpaired) electrons. The van der Waals surface area contributed by atoms with Crippen LogP contribution in [0, 0.1) is 13.8 Å². The minimum Gasteiger partial charge on any atom is -0.494 e. The lowest BCUT2D eigenvalue weighted by atomic mass is 10.0. The lowest BCUT2D eigenvalue weighted by molar-refractivity contribution is 0.0519. The minimum atomic E-state index is -0.320. The predicted molar refractivity (Wildman–Crippen MR) is 132 cm³/mol. The Morgan fingerprint density at radius 3 is 2.62 bits per heavy atom. The van der Waals surface area contributed by atoms with E-state index in [0.717, 1.165) is 55.9 Å². The number of thiophene rings is 1. The fraction of sp³-hybridized carbons (Fsp3) is 0.269. The van der Waals surface area contributed by atoms with Crippen molar-refractivity contribution in [2.75, 3.05) is 13.2 Å². The second-order valence-electron chi connectivity index (χ2n) is 7.76. The molecule has 0 aliphatic rings. The van der Waals surface area contributed by atoms with Gasteiger partial charge < -0.3 is 14.5 Å². The third kappa shape index (κ3) is 4.54. The van der Waals surface area contributed by atoms with Gasteiger partial charge in [-0.3, -0.25) is 0 Å². The summed E-state index contributed by atoms with van der Waals surface area (Å²) < 4.78 is 11.3. The molecule has 2 aromatic heterocycles. The van der Waals surface area contributed by atoms with Crippen LogP contribution in [0.25, 0.3) is 22.0 Å². The van der Waals surface area contributed by atoms with Gasteiger partial charge in [-0.1, -0.05) is 29.8 Å². The Morgan fingerprint density at radius 2 is 1.94 bits per heavy atom. The van der Waals surface area contributed by atoms with Gasteiger partial charge in [-0.05, 0) is 84.8 Å². The molecule has 0 amide bonds. The van der Waals surface area contributed by atoms with Crippen molar-refractivity contribution in [1.82, 2.24) is 4.98 Å². The molecule has 0 saturated heterocycles. The van der Waals surface area contributed by atoms with E-state index >= 15 is 0 Å². The molecule has 0 unspecified atom stereocenters. The van der Waals surface area contributed by atoms with E-state index in [1.807, 2.05) is 39.0 Å². The van der Waals surface area contributed by atoms with Crippen molar-refractivity contribution in [3.05, 3.63) is 74.6 Å². The van der Waals surface area contributed by atoms with Crippen molar-refractivity contribution >= 4 is 39.8 Å². The molecule has 6 heteroatoms. The van der Waals surface area contributed by atoms with Crippen LogP contribution in [0.5, 0.6) is 5.75 Å². The van der Waals surface area contributed by atoms with Crippen molar-refractivity contribution in [3.8, 4) is 16.9 Å². The molecule has 0 saturated carbocycles. The van der Waals surface area contributed by atoms with Crippen LogP contribution >= 0.6 is 22.9 Å². The van der Waals surface area contributed by atoms with E-state index in [-0.39, 0.29) is 5.97 Å². The van der Waals surface area contributed by atoms with Crippen molar-refractivity contribution in [2.45, 2.75) is 33.6 Å². The smallest absolute Gasteiger partial charge is 0.355 e. The molecule has 1 N–H and O–H groups in total. The Balaban J connectivity index is 1.58. The molecular weight excluding hydrogens is 442 g/mol. The number of hydrogen-bond acceptors (Lipinski definition) is 4. The second kappa shape index (κ2) is 9.80. The molecule has 0 bridgehead atoms. The van der Waals surface area contributed by atoms with Gasteiger partial charge in [0.15, 0.2) is 0 Å². The number of benzene rings is 2. The number of aryl methyl sites for hydroxylation is 3. The summed E-state index contributed by atoms with van der Waals surface area (Å²) in [6.07, 6.45) is 1.47. The molecule has 4 rings (SSSR count). The summed E-state index contributed by atoms with van der Waals surface area (Å²) in [5.74, 6) is 0.494. The van der Waals surface area contributed by atoms with Crippen LogP contribution in [0.2, 0.25) is 5.02 Å². The van der Waals surface area contributed by atoms with Crippen LogP contribution in [0.1, 0.15) is 40.5 Å². The lowest BCUT2D eigenvalue weighted by Gasteiger charge is -2.10. The number of carbonyl (C=O) groups is 1. The number of ether oxygens (including phenoxy) is 2. The number of esters is 1. The third-order valence-electron chi connectivity index (χ3n) is 5.50. The monoisotopic (exact) mass is 467 g/mol. The zero-order valence-corrected chi connectivity index (χ0v) is 20.0. The molecule has 0 aliphatic heterocycles. The molecule has 32 heavy (non-hydrogen) atoms. The highest BCUT2D eigenvalue weighted by molar-refractivity contribution is 7.08. The highest BCUT2D eigenvalue weighted by Gasteiger charge is 2.20. The standard InChI is InChI=1S/C26H26ClNO3S/c1-4-30-26(29)25-22(9-6-11-31-19-13-16(2)23(27)17(3)14-19)21-8-5-7-20(24(21)28-25)18-10-12-32-15-18/h5,7-8,10,12-15,28H,4,6,9,11H2,1-3H3. The van der Waals surface area contributed by atoms with E-state index in [4.69, 9.17) is 21.1 Å². The maximum absolute atomic E-state index is 12.7. The second-order valence-corrected chi connectivity index (χ2v) is 8.92. The van der Waals surface area contributed by atoms with E-state index in [1.54, 1.807) is 11.3 Å². The number of rotatable bonds is 8. The van der Waals surface area contributed by atoms with Gasteiger partial charge in [-0.2, -0.15) is 11.3 Å². The average molecular weight is 468 g/mol. The van der Waals surface area contributed by atoms with Crippen molar-refractivity contribution in [1.29, 1.82) is 0 Å². The zero-order valence-electron chi connectivity index (χ0n) is 18.5. The quantitative estimate of drug-likeness (QED) is 0.217. The van der Waals surface area contributed by atoms with E-state index in [9.17, 15) is 4.79 Å². The summed E-state index contributed by atoms with van der Waals surface area (Å²) >= 11 is 7.91. The number of aromatic nitrogens is 1. The first-order valence-electron chi connectivity index (χ1n) is 10.7. The largest absolute Gasteiger partial charge is 0.494 e. The highest BCUT2D eigenvalue weighted by atomic mass is 35.5. The molecule has 0 spiro atoms. The number of carbonyl (C=O) groups excluding carboxylic acids is 1. The molecule has 0 atom stereocenters. The van der Waals surface area contributed by atoms with Crippen LogP contribution in [-0.2, 0) is 11.2 Å². The van der Waals surface area contributed by atoms with Crippen molar-refractivity contribution in [2.24, 2.45) is 0 Å². The first kappa shape index (κ1) is 22.4. The first-order valence-corrected chi connectivity index (χ1v) is 12.0. The normalized spacial score (nSPS) is 11.1. The first-order chi connectivity index (χ1) is 15.5. The number of hydrogen-bond donors (Lipinski definition) is 1. The number of halogens is 1. The summed E-state index contributed by atoms with van der Waals surface area (Å²) in [5, 5.41) is 6.00. The van der Waals surface area contributed by atoms with Gasteiger partial charge >= 0.3 is 5.97 Å². The van der Waals surface area contributed by atoms with Crippen LogP contribution < -0.4 is 4.74 Å². The van der Waals surface area contributed by atoms with E-state index in [0.29, 0.717) is 25.3 Å². The SMILES string of the molecule is CCOC(=O)c1[nH]c2c(-c3ccsc3)cccc2c1CCCOc1cc(C)c(Cl)c(C)c1. The highest BCUT2D eigenvalue weighted by Crippen LogP contribution is 2.34. The van der Waals surface area contributed by atoms with Crippen molar-refractivity contribution in [3.63, 3.8) is 0 Å².